The number of halogens is 1. The van der Waals surface area contributed by atoms with Crippen LogP contribution in [0.1, 0.15) is 25.0 Å². The van der Waals surface area contributed by atoms with Gasteiger partial charge in [0.05, 0.1) is 4.92 Å². The number of nitro groups is 1. The number of benzene rings is 2. The number of hydrogen-bond acceptors (Lipinski definition) is 6. The summed E-state index contributed by atoms with van der Waals surface area (Å²) in [6.45, 7) is 5.88. The van der Waals surface area contributed by atoms with Gasteiger partial charge in [-0.05, 0) is 69.2 Å². The van der Waals surface area contributed by atoms with Crippen LogP contribution in [0.3, 0.4) is 0 Å². The predicted octanol–water partition coefficient (Wildman–Crippen LogP) is 4.20. The van der Waals surface area contributed by atoms with Crippen molar-refractivity contribution >= 4 is 34.9 Å². The van der Waals surface area contributed by atoms with Gasteiger partial charge in [0.1, 0.15) is 11.4 Å². The van der Waals surface area contributed by atoms with Crippen molar-refractivity contribution < 1.29 is 24.0 Å². The molecule has 1 N–H and O–H groups in total. The summed E-state index contributed by atoms with van der Waals surface area (Å²) in [4.78, 5) is 35.1. The van der Waals surface area contributed by atoms with Crippen LogP contribution >= 0.6 is 11.6 Å². The molecule has 29 heavy (non-hydrogen) atoms. The van der Waals surface area contributed by atoms with E-state index in [0.29, 0.717) is 10.8 Å². The maximum atomic E-state index is 12.3. The summed E-state index contributed by atoms with van der Waals surface area (Å²) >= 11 is 5.81. The minimum Gasteiger partial charge on any atom is -0.476 e. The number of aryl methyl sites for hydroxylation is 2. The van der Waals surface area contributed by atoms with Crippen LogP contribution in [0.2, 0.25) is 5.02 Å². The zero-order valence-corrected chi connectivity index (χ0v) is 17.2. The lowest BCUT2D eigenvalue weighted by Crippen LogP contribution is -2.41. The summed E-state index contributed by atoms with van der Waals surface area (Å²) in [5.41, 5.74) is -0.0572. The van der Waals surface area contributed by atoms with E-state index in [9.17, 15) is 19.7 Å². The monoisotopic (exact) mass is 420 g/mol. The summed E-state index contributed by atoms with van der Waals surface area (Å²) < 4.78 is 10.6. The lowest BCUT2D eigenvalue weighted by Gasteiger charge is -2.24. The van der Waals surface area contributed by atoms with Gasteiger partial charge < -0.3 is 14.8 Å². The van der Waals surface area contributed by atoms with Gasteiger partial charge in [0.2, 0.25) is 0 Å². The molecular formula is C20H21ClN2O6. The van der Waals surface area contributed by atoms with E-state index in [4.69, 9.17) is 21.1 Å². The SMILES string of the molecule is Cc1cc(NC(=O)COC(=O)C(C)(C)Oc2ccc(Cl)cc2)c([N+](=O)[O-])cc1C. The summed E-state index contributed by atoms with van der Waals surface area (Å²) in [5, 5.41) is 14.1. The molecule has 0 aliphatic heterocycles. The molecule has 0 bridgehead atoms. The van der Waals surface area contributed by atoms with Gasteiger partial charge in [0.25, 0.3) is 11.6 Å². The van der Waals surface area contributed by atoms with Crippen molar-refractivity contribution in [3.63, 3.8) is 0 Å². The van der Waals surface area contributed by atoms with E-state index in [2.05, 4.69) is 5.32 Å². The van der Waals surface area contributed by atoms with Crippen LogP contribution in [0.4, 0.5) is 11.4 Å². The van der Waals surface area contributed by atoms with Gasteiger partial charge >= 0.3 is 5.97 Å². The fourth-order valence-electron chi connectivity index (χ4n) is 2.38. The number of hydrogen-bond donors (Lipinski definition) is 1. The Labute approximate surface area is 172 Å². The number of carbonyl (C=O) groups is 2. The van der Waals surface area contributed by atoms with Crippen molar-refractivity contribution in [3.8, 4) is 5.75 Å². The van der Waals surface area contributed by atoms with Crippen LogP contribution in [0, 0.1) is 24.0 Å². The number of nitrogens with zero attached hydrogens (tertiary/aromatic N) is 1. The second-order valence-electron chi connectivity index (χ2n) is 6.90. The molecular weight excluding hydrogens is 400 g/mol. The first kappa shape index (κ1) is 22.2. The van der Waals surface area contributed by atoms with Crippen molar-refractivity contribution in [2.75, 3.05) is 11.9 Å². The van der Waals surface area contributed by atoms with Gasteiger partial charge in [-0.15, -0.1) is 0 Å². The number of carbonyl (C=O) groups excluding carboxylic acids is 2. The first-order chi connectivity index (χ1) is 13.5. The highest BCUT2D eigenvalue weighted by molar-refractivity contribution is 6.30. The smallest absolute Gasteiger partial charge is 0.350 e. The molecule has 0 spiro atoms. The molecule has 1 amide bonds. The molecule has 0 heterocycles. The molecule has 0 aromatic heterocycles. The molecule has 9 heteroatoms. The van der Waals surface area contributed by atoms with Crippen LogP contribution < -0.4 is 10.1 Å². The molecule has 2 rings (SSSR count). The Morgan fingerprint density at radius 1 is 1.14 bits per heavy atom. The van der Waals surface area contributed by atoms with Crippen molar-refractivity contribution in [3.05, 3.63) is 62.7 Å². The van der Waals surface area contributed by atoms with E-state index in [-0.39, 0.29) is 11.4 Å². The number of anilines is 1. The van der Waals surface area contributed by atoms with Gasteiger partial charge in [-0.25, -0.2) is 4.79 Å². The molecule has 0 fully saturated rings. The van der Waals surface area contributed by atoms with E-state index in [1.54, 1.807) is 38.1 Å². The zero-order valence-electron chi connectivity index (χ0n) is 16.4. The quantitative estimate of drug-likeness (QED) is 0.408. The Morgan fingerprint density at radius 3 is 2.31 bits per heavy atom. The number of nitro benzene ring substituents is 1. The van der Waals surface area contributed by atoms with Gasteiger partial charge in [-0.1, -0.05) is 11.6 Å². The van der Waals surface area contributed by atoms with Crippen molar-refractivity contribution in [1.82, 2.24) is 0 Å². The Morgan fingerprint density at radius 2 is 1.72 bits per heavy atom. The molecule has 0 saturated carbocycles. The largest absolute Gasteiger partial charge is 0.476 e. The van der Waals surface area contributed by atoms with Crippen LogP contribution in [0.15, 0.2) is 36.4 Å². The van der Waals surface area contributed by atoms with E-state index in [1.165, 1.54) is 26.0 Å². The first-order valence-corrected chi connectivity index (χ1v) is 9.04. The Bertz CT molecular complexity index is 941. The van der Waals surface area contributed by atoms with Crippen LogP contribution in [-0.4, -0.2) is 29.0 Å². The average molecular weight is 421 g/mol. The number of amides is 1. The fourth-order valence-corrected chi connectivity index (χ4v) is 2.51. The molecule has 0 unspecified atom stereocenters. The average Bonchev–Trinajstić information content (AvgIpc) is 2.64. The molecule has 0 radical (unpaired) electrons. The molecule has 0 aliphatic rings. The Hall–Kier alpha value is -3.13. The third kappa shape index (κ3) is 5.92. The van der Waals surface area contributed by atoms with E-state index in [1.807, 2.05) is 0 Å². The van der Waals surface area contributed by atoms with Crippen LogP contribution in [0.25, 0.3) is 0 Å². The topological polar surface area (TPSA) is 108 Å². The second kappa shape index (κ2) is 8.91. The fraction of sp³-hybridized carbons (Fsp3) is 0.300. The Balaban J connectivity index is 1.99. The molecule has 0 saturated heterocycles. The molecule has 2 aromatic carbocycles. The van der Waals surface area contributed by atoms with Gasteiger partial charge in [0.15, 0.2) is 12.2 Å². The molecule has 0 aliphatic carbocycles. The highest BCUT2D eigenvalue weighted by Crippen LogP contribution is 2.28. The van der Waals surface area contributed by atoms with E-state index < -0.39 is 29.0 Å². The third-order valence-corrected chi connectivity index (χ3v) is 4.35. The summed E-state index contributed by atoms with van der Waals surface area (Å²) in [7, 11) is 0. The van der Waals surface area contributed by atoms with E-state index in [0.717, 1.165) is 11.1 Å². The first-order valence-electron chi connectivity index (χ1n) is 8.67. The van der Waals surface area contributed by atoms with Gasteiger partial charge in [-0.2, -0.15) is 0 Å². The second-order valence-corrected chi connectivity index (χ2v) is 7.34. The van der Waals surface area contributed by atoms with Crippen LogP contribution in [-0.2, 0) is 14.3 Å². The molecule has 154 valence electrons. The number of esters is 1. The third-order valence-electron chi connectivity index (χ3n) is 4.10. The minimum atomic E-state index is -1.36. The minimum absolute atomic E-state index is 0.0378. The highest BCUT2D eigenvalue weighted by atomic mass is 35.5. The lowest BCUT2D eigenvalue weighted by molar-refractivity contribution is -0.384. The maximum Gasteiger partial charge on any atom is 0.350 e. The number of nitrogens with one attached hydrogen (secondary N) is 1. The normalized spacial score (nSPS) is 10.9. The van der Waals surface area contributed by atoms with E-state index >= 15 is 0 Å². The lowest BCUT2D eigenvalue weighted by atomic mass is 10.1. The molecule has 0 atom stereocenters. The van der Waals surface area contributed by atoms with Crippen LogP contribution in [0.5, 0.6) is 5.75 Å². The Kier molecular flexibility index (Phi) is 6.81. The number of rotatable bonds is 7. The summed E-state index contributed by atoms with van der Waals surface area (Å²) in [6.07, 6.45) is 0. The van der Waals surface area contributed by atoms with Crippen molar-refractivity contribution in [2.45, 2.75) is 33.3 Å². The van der Waals surface area contributed by atoms with Crippen molar-refractivity contribution in [2.24, 2.45) is 0 Å². The standard InChI is InChI=1S/C20H21ClN2O6/c1-12-9-16(17(23(26)27)10-13(12)2)22-18(24)11-28-19(25)20(3,4)29-15-7-5-14(21)6-8-15/h5-10H,11H2,1-4H3,(H,22,24). The summed E-state index contributed by atoms with van der Waals surface area (Å²) in [5.74, 6) is -1.06. The molecule has 2 aromatic rings. The van der Waals surface area contributed by atoms with Gasteiger partial charge in [0, 0.05) is 11.1 Å². The highest BCUT2D eigenvalue weighted by Gasteiger charge is 2.32. The summed E-state index contributed by atoms with van der Waals surface area (Å²) in [6, 6.07) is 9.30. The maximum absolute atomic E-state index is 12.3. The van der Waals surface area contributed by atoms with Gasteiger partial charge in [-0.3, -0.25) is 14.9 Å². The number of ether oxygens (including phenoxy) is 2. The predicted molar refractivity (Wildman–Crippen MR) is 108 cm³/mol. The zero-order chi connectivity index (χ0) is 21.8. The molecule has 8 nitrogen and oxygen atoms in total. The van der Waals surface area contributed by atoms with Crippen molar-refractivity contribution in [1.29, 1.82) is 0 Å².